The van der Waals surface area contributed by atoms with Crippen molar-refractivity contribution < 1.29 is 8.83 Å². The van der Waals surface area contributed by atoms with E-state index >= 15 is 0 Å². The van der Waals surface area contributed by atoms with Gasteiger partial charge in [0.25, 0.3) is 0 Å². The molecule has 4 nitrogen and oxygen atoms in total. The molecule has 11 aromatic carbocycles. The predicted octanol–water partition coefficient (Wildman–Crippen LogP) is 21.6. The van der Waals surface area contributed by atoms with Gasteiger partial charge in [0, 0.05) is 76.8 Å². The summed E-state index contributed by atoms with van der Waals surface area (Å²) in [6, 6.07) is 74.6. The van der Waals surface area contributed by atoms with Crippen LogP contribution in [0.2, 0.25) is 0 Å². The van der Waals surface area contributed by atoms with Crippen molar-refractivity contribution in [2.75, 3.05) is 4.90 Å². The first kappa shape index (κ1) is 47.4. The summed E-state index contributed by atoms with van der Waals surface area (Å²) in [5.74, 6) is 0. The van der Waals surface area contributed by atoms with E-state index in [1.54, 1.807) is 0 Å². The number of rotatable bonds is 5. The van der Waals surface area contributed by atoms with Gasteiger partial charge < -0.3 is 18.3 Å². The zero-order valence-corrected chi connectivity index (χ0v) is 47.8. The van der Waals surface area contributed by atoms with Crippen LogP contribution in [0.5, 0.6) is 0 Å². The Labute approximate surface area is 477 Å². The van der Waals surface area contributed by atoms with Gasteiger partial charge >= 0.3 is 0 Å². The van der Waals surface area contributed by atoms with Crippen LogP contribution in [0.1, 0.15) is 91.6 Å². The Kier molecular flexibility index (Phi) is 9.35. The highest BCUT2D eigenvalue weighted by Crippen LogP contribution is 2.64. The number of anilines is 3. The maximum absolute atomic E-state index is 7.08. The fourth-order valence-electron chi connectivity index (χ4n) is 16.0. The number of furan rings is 2. The second-order valence-electron chi connectivity index (χ2n) is 25.3. The molecular formula is C78H60N2O2. The molecule has 3 heterocycles. The van der Waals surface area contributed by atoms with E-state index in [4.69, 9.17) is 8.83 Å². The van der Waals surface area contributed by atoms with Crippen LogP contribution in [0.15, 0.2) is 209 Å². The number of para-hydroxylation sites is 4. The largest absolute Gasteiger partial charge is 0.455 e. The topological polar surface area (TPSA) is 34.5 Å². The van der Waals surface area contributed by atoms with Gasteiger partial charge in [-0.05, 0) is 171 Å². The van der Waals surface area contributed by atoms with Gasteiger partial charge in [-0.15, -0.1) is 0 Å². The molecule has 0 saturated heterocycles. The zero-order chi connectivity index (χ0) is 55.5. The lowest BCUT2D eigenvalue weighted by Gasteiger charge is -2.33. The fourth-order valence-corrected chi connectivity index (χ4v) is 16.0. The van der Waals surface area contributed by atoms with Gasteiger partial charge in [-0.1, -0.05) is 174 Å². The molecule has 4 heteroatoms. The second-order valence-corrected chi connectivity index (χ2v) is 25.3. The second kappa shape index (κ2) is 16.2. The lowest BCUT2D eigenvalue weighted by atomic mass is 9.72. The van der Waals surface area contributed by atoms with Crippen molar-refractivity contribution >= 4 is 82.7 Å². The van der Waals surface area contributed by atoms with Crippen LogP contribution in [0, 0.1) is 20.8 Å². The molecule has 82 heavy (non-hydrogen) atoms. The first-order chi connectivity index (χ1) is 39.7. The van der Waals surface area contributed by atoms with Gasteiger partial charge in [-0.2, -0.15) is 0 Å². The summed E-state index contributed by atoms with van der Waals surface area (Å²) in [5.41, 5.74) is 31.5. The first-order valence-corrected chi connectivity index (χ1v) is 29.1. The van der Waals surface area contributed by atoms with Crippen molar-refractivity contribution in [2.45, 2.75) is 78.6 Å². The van der Waals surface area contributed by atoms with E-state index < -0.39 is 0 Å². The number of aryl methyl sites for hydroxylation is 3. The fraction of sp³-hybridized carbons (Fsp3) is 0.154. The van der Waals surface area contributed by atoms with E-state index in [2.05, 4.69) is 272 Å². The Bertz CT molecular complexity index is 5150. The zero-order valence-electron chi connectivity index (χ0n) is 47.8. The summed E-state index contributed by atoms with van der Waals surface area (Å²) >= 11 is 0. The molecule has 0 bridgehead atoms. The molecular weight excluding hydrogens is 997 g/mol. The minimum Gasteiger partial charge on any atom is -0.455 e. The molecule has 0 spiro atoms. The molecule has 3 aliphatic rings. The monoisotopic (exact) mass is 1060 g/mol. The van der Waals surface area contributed by atoms with E-state index in [1.165, 1.54) is 127 Å². The van der Waals surface area contributed by atoms with E-state index in [0.717, 1.165) is 55.9 Å². The van der Waals surface area contributed by atoms with Gasteiger partial charge in [0.15, 0.2) is 0 Å². The summed E-state index contributed by atoms with van der Waals surface area (Å²) in [6.45, 7) is 21.4. The average molecular weight is 1060 g/mol. The molecule has 0 radical (unpaired) electrons. The van der Waals surface area contributed by atoms with Crippen LogP contribution in [0.25, 0.3) is 116 Å². The van der Waals surface area contributed by atoms with Gasteiger partial charge in [0.2, 0.25) is 0 Å². The van der Waals surface area contributed by atoms with Gasteiger partial charge in [0.05, 0.1) is 16.7 Å². The molecule has 394 valence electrons. The van der Waals surface area contributed by atoms with Crippen molar-refractivity contribution in [1.29, 1.82) is 0 Å². The van der Waals surface area contributed by atoms with Crippen molar-refractivity contribution in [2.24, 2.45) is 0 Å². The van der Waals surface area contributed by atoms with Crippen molar-refractivity contribution in [1.82, 2.24) is 4.57 Å². The average Bonchev–Trinajstić information content (AvgIpc) is 1.83. The summed E-state index contributed by atoms with van der Waals surface area (Å²) in [5, 5.41) is 7.15. The number of hydrogen-bond acceptors (Lipinski definition) is 3. The standard InChI is InChI=1S/C78H60N2O2/c1-43-37-44(2)73(45(3)38-43)79(49-33-35-53-60(41-49)78(8,9)71-67(53)69-55-26-16-20-30-65(55)82-75(69)70-51-24-13-17-27-58(51)77(6,7)72(70)71)48-32-34-52-59(40-48)76(4,5)61-42-56(74-68(66(52)61)54-25-15-19-29-64(54)81-74)46-31-36-63-57(39-46)50-23-14-18-28-62(50)80(63)47-21-11-10-12-22-47/h10-42H,1-9H3. The number of aromatic nitrogens is 1. The van der Waals surface area contributed by atoms with Crippen LogP contribution >= 0.6 is 0 Å². The predicted molar refractivity (Wildman–Crippen MR) is 342 cm³/mol. The summed E-state index contributed by atoms with van der Waals surface area (Å²) in [6.07, 6.45) is 0. The summed E-state index contributed by atoms with van der Waals surface area (Å²) in [7, 11) is 0. The number of benzene rings is 11. The molecule has 0 fully saturated rings. The summed E-state index contributed by atoms with van der Waals surface area (Å²) in [4.78, 5) is 2.56. The Balaban J connectivity index is 0.866. The minimum absolute atomic E-state index is 0.241. The highest BCUT2D eigenvalue weighted by atomic mass is 16.3. The Morgan fingerprint density at radius 1 is 0.378 bits per heavy atom. The molecule has 0 saturated carbocycles. The Morgan fingerprint density at radius 3 is 1.62 bits per heavy atom. The van der Waals surface area contributed by atoms with E-state index in [1.807, 2.05) is 0 Å². The molecule has 14 aromatic rings. The molecule has 3 aromatic heterocycles. The number of hydrogen-bond donors (Lipinski definition) is 0. The molecule has 17 rings (SSSR count). The highest BCUT2D eigenvalue weighted by molar-refractivity contribution is 6.22. The molecule has 0 atom stereocenters. The summed E-state index contributed by atoms with van der Waals surface area (Å²) < 4.78 is 16.5. The van der Waals surface area contributed by atoms with Crippen LogP contribution in [0.3, 0.4) is 0 Å². The quantitative estimate of drug-likeness (QED) is 0.172. The van der Waals surface area contributed by atoms with Crippen LogP contribution in [-0.2, 0) is 16.2 Å². The van der Waals surface area contributed by atoms with Crippen LogP contribution in [0.4, 0.5) is 17.1 Å². The maximum Gasteiger partial charge on any atom is 0.144 e. The molecule has 0 unspecified atom stereocenters. The number of fused-ring (bicyclic) bond motifs is 22. The molecule has 0 aliphatic heterocycles. The Morgan fingerprint density at radius 2 is 0.915 bits per heavy atom. The lowest BCUT2D eigenvalue weighted by molar-refractivity contribution is 0.600. The third-order valence-corrected chi connectivity index (χ3v) is 19.5. The van der Waals surface area contributed by atoms with Crippen molar-refractivity contribution in [3.05, 3.63) is 250 Å². The highest BCUT2D eigenvalue weighted by Gasteiger charge is 2.49. The first-order valence-electron chi connectivity index (χ1n) is 29.1. The van der Waals surface area contributed by atoms with Gasteiger partial charge in [0.1, 0.15) is 22.3 Å². The van der Waals surface area contributed by atoms with Crippen LogP contribution < -0.4 is 4.90 Å². The SMILES string of the molecule is Cc1cc(C)c(N(c2ccc3c(c2)C(C)(C)c2cc(-c4ccc5c(c4)c4ccccc4n5-c4ccccc4)c4oc5ccccc5c4c2-3)c2ccc3c(c2)C(C)(C)c2c4c(c5oc6ccccc6c5c2-3)-c2ccccc2C4(C)C)c(C)c1. The van der Waals surface area contributed by atoms with Gasteiger partial charge in [-0.3, -0.25) is 0 Å². The third-order valence-electron chi connectivity index (χ3n) is 19.5. The Hall–Kier alpha value is -9.38. The smallest absolute Gasteiger partial charge is 0.144 e. The number of nitrogens with zero attached hydrogens (tertiary/aromatic N) is 2. The van der Waals surface area contributed by atoms with E-state index in [-0.39, 0.29) is 16.2 Å². The lowest BCUT2D eigenvalue weighted by Crippen LogP contribution is -2.24. The normalized spacial score (nSPS) is 14.9. The van der Waals surface area contributed by atoms with Gasteiger partial charge in [-0.25, -0.2) is 0 Å². The van der Waals surface area contributed by atoms with E-state index in [9.17, 15) is 0 Å². The molecule has 0 amide bonds. The minimum atomic E-state index is -0.371. The molecule has 3 aliphatic carbocycles. The maximum atomic E-state index is 7.08. The third kappa shape index (κ3) is 6.06. The van der Waals surface area contributed by atoms with Crippen molar-refractivity contribution in [3.63, 3.8) is 0 Å². The van der Waals surface area contributed by atoms with Crippen LogP contribution in [-0.4, -0.2) is 4.57 Å². The molecule has 0 N–H and O–H groups in total. The van der Waals surface area contributed by atoms with Crippen molar-refractivity contribution in [3.8, 4) is 50.2 Å². The van der Waals surface area contributed by atoms with E-state index in [0.29, 0.717) is 0 Å².